The number of fused-ring (bicyclic) bond motifs is 1. The van der Waals surface area contributed by atoms with Crippen LogP contribution in [0.15, 0.2) is 78.4 Å². The fraction of sp³-hybridized carbons (Fsp3) is 0.115. The molecule has 1 aliphatic rings. The third-order valence-corrected chi connectivity index (χ3v) is 5.64. The van der Waals surface area contributed by atoms with Gasteiger partial charge in [-0.05, 0) is 47.9 Å². The van der Waals surface area contributed by atoms with Crippen molar-refractivity contribution in [3.8, 4) is 6.07 Å². The van der Waals surface area contributed by atoms with E-state index in [1.807, 2.05) is 49.4 Å². The molecule has 0 radical (unpaired) electrons. The number of amides is 2. The molecule has 1 heterocycles. The van der Waals surface area contributed by atoms with E-state index in [4.69, 9.17) is 11.6 Å². The van der Waals surface area contributed by atoms with Crippen molar-refractivity contribution in [1.82, 2.24) is 0 Å². The van der Waals surface area contributed by atoms with E-state index in [9.17, 15) is 14.9 Å². The first-order valence-electron chi connectivity index (χ1n) is 10.2. The number of hydrogen-bond acceptors (Lipinski definition) is 3. The van der Waals surface area contributed by atoms with Gasteiger partial charge in [0.2, 0.25) is 0 Å². The van der Waals surface area contributed by atoms with Gasteiger partial charge in [0.1, 0.15) is 11.6 Å². The first-order valence-corrected chi connectivity index (χ1v) is 10.6. The number of rotatable bonds is 5. The lowest BCUT2D eigenvalue weighted by atomic mass is 10.0. The Labute approximate surface area is 191 Å². The van der Waals surface area contributed by atoms with Gasteiger partial charge in [-0.1, -0.05) is 61.0 Å². The van der Waals surface area contributed by atoms with Gasteiger partial charge in [0.25, 0.3) is 11.8 Å². The van der Waals surface area contributed by atoms with Crippen molar-refractivity contribution in [1.29, 1.82) is 5.26 Å². The predicted molar refractivity (Wildman–Crippen MR) is 126 cm³/mol. The van der Waals surface area contributed by atoms with Crippen molar-refractivity contribution >= 4 is 40.4 Å². The Balaban J connectivity index is 1.69. The molecule has 0 saturated carbocycles. The van der Waals surface area contributed by atoms with E-state index in [0.717, 1.165) is 17.5 Å². The quantitative estimate of drug-likeness (QED) is 0.427. The van der Waals surface area contributed by atoms with Gasteiger partial charge in [-0.3, -0.25) is 9.59 Å². The maximum absolute atomic E-state index is 13.4. The van der Waals surface area contributed by atoms with Crippen molar-refractivity contribution in [2.24, 2.45) is 0 Å². The van der Waals surface area contributed by atoms with Crippen LogP contribution in [-0.4, -0.2) is 11.8 Å². The molecule has 6 heteroatoms. The highest BCUT2D eigenvalue weighted by Gasteiger charge is 2.36. The lowest BCUT2D eigenvalue weighted by molar-refractivity contribution is -0.114. The minimum absolute atomic E-state index is 0.111. The summed E-state index contributed by atoms with van der Waals surface area (Å²) < 4.78 is 0. The number of anilines is 2. The zero-order valence-electron chi connectivity index (χ0n) is 17.4. The third-order valence-electron chi connectivity index (χ3n) is 5.39. The average molecular weight is 442 g/mol. The predicted octanol–water partition coefficient (Wildman–Crippen LogP) is 5.37. The molecular formula is C26H20ClN3O2. The third kappa shape index (κ3) is 4.14. The van der Waals surface area contributed by atoms with Crippen LogP contribution in [0.2, 0.25) is 5.02 Å². The number of para-hydroxylation sites is 1. The highest BCUT2D eigenvalue weighted by Crippen LogP contribution is 2.39. The zero-order chi connectivity index (χ0) is 22.7. The van der Waals surface area contributed by atoms with Crippen LogP contribution in [0.25, 0.3) is 5.57 Å². The van der Waals surface area contributed by atoms with Gasteiger partial charge >= 0.3 is 0 Å². The lowest BCUT2D eigenvalue weighted by Gasteiger charge is -2.17. The molecule has 158 valence electrons. The summed E-state index contributed by atoms with van der Waals surface area (Å²) in [7, 11) is 0. The Morgan fingerprint density at radius 3 is 2.31 bits per heavy atom. The number of carbonyl (C=O) groups excluding carboxylic acids is 2. The van der Waals surface area contributed by atoms with Crippen molar-refractivity contribution in [3.63, 3.8) is 0 Å². The summed E-state index contributed by atoms with van der Waals surface area (Å²) in [4.78, 5) is 27.9. The second kappa shape index (κ2) is 9.09. The van der Waals surface area contributed by atoms with Gasteiger partial charge < -0.3 is 10.2 Å². The zero-order valence-corrected chi connectivity index (χ0v) is 18.2. The lowest BCUT2D eigenvalue weighted by Crippen LogP contribution is -2.27. The van der Waals surface area contributed by atoms with Crippen molar-refractivity contribution in [3.05, 3.63) is 100 Å². The maximum Gasteiger partial charge on any atom is 0.267 e. The first kappa shape index (κ1) is 21.4. The molecule has 2 amide bonds. The van der Waals surface area contributed by atoms with Gasteiger partial charge in [-0.2, -0.15) is 5.26 Å². The molecule has 0 unspecified atom stereocenters. The molecule has 0 atom stereocenters. The molecule has 0 aromatic heterocycles. The highest BCUT2D eigenvalue weighted by atomic mass is 35.5. The normalized spacial score (nSPS) is 14.0. The van der Waals surface area contributed by atoms with Crippen LogP contribution in [0.3, 0.4) is 0 Å². The van der Waals surface area contributed by atoms with Gasteiger partial charge in [-0.25, -0.2) is 0 Å². The number of nitriles is 1. The Kier molecular flexibility index (Phi) is 6.07. The van der Waals surface area contributed by atoms with Crippen molar-refractivity contribution < 1.29 is 9.59 Å². The van der Waals surface area contributed by atoms with Gasteiger partial charge in [0, 0.05) is 16.3 Å². The minimum Gasteiger partial charge on any atom is -0.321 e. The molecule has 0 spiro atoms. The Morgan fingerprint density at radius 1 is 1.00 bits per heavy atom. The number of nitrogens with zero attached hydrogens (tertiary/aromatic N) is 2. The maximum atomic E-state index is 13.4. The van der Waals surface area contributed by atoms with Gasteiger partial charge in [0.15, 0.2) is 0 Å². The van der Waals surface area contributed by atoms with E-state index >= 15 is 0 Å². The average Bonchev–Trinajstić information content (AvgIpc) is 3.08. The molecular weight excluding hydrogens is 422 g/mol. The fourth-order valence-corrected chi connectivity index (χ4v) is 3.81. The Bertz CT molecular complexity index is 1260. The van der Waals surface area contributed by atoms with Gasteiger partial charge in [0.05, 0.1) is 17.8 Å². The molecule has 1 N–H and O–H groups in total. The Morgan fingerprint density at radius 2 is 1.66 bits per heavy atom. The van der Waals surface area contributed by atoms with E-state index in [2.05, 4.69) is 5.32 Å². The monoisotopic (exact) mass is 441 g/mol. The van der Waals surface area contributed by atoms with E-state index < -0.39 is 5.91 Å². The van der Waals surface area contributed by atoms with E-state index in [-0.39, 0.29) is 17.1 Å². The smallest absolute Gasteiger partial charge is 0.267 e. The summed E-state index contributed by atoms with van der Waals surface area (Å²) in [6, 6.07) is 23.7. The minimum atomic E-state index is -0.608. The number of benzene rings is 3. The van der Waals surface area contributed by atoms with E-state index in [1.54, 1.807) is 41.3 Å². The summed E-state index contributed by atoms with van der Waals surface area (Å²) in [6.45, 7) is 2.35. The second-order valence-electron chi connectivity index (χ2n) is 7.40. The summed E-state index contributed by atoms with van der Waals surface area (Å²) in [5.74, 6) is -0.988. The largest absolute Gasteiger partial charge is 0.321 e. The molecule has 1 aliphatic heterocycles. The summed E-state index contributed by atoms with van der Waals surface area (Å²) in [5.41, 5.74) is 3.73. The fourth-order valence-electron chi connectivity index (χ4n) is 3.69. The van der Waals surface area contributed by atoms with E-state index in [1.165, 1.54) is 0 Å². The summed E-state index contributed by atoms with van der Waals surface area (Å²) in [6.07, 6.45) is 0.885. The van der Waals surface area contributed by atoms with Crippen LogP contribution >= 0.6 is 11.6 Å². The topological polar surface area (TPSA) is 73.2 Å². The number of aryl methyl sites for hydroxylation is 1. The first-order chi connectivity index (χ1) is 15.5. The second-order valence-corrected chi connectivity index (χ2v) is 7.84. The molecule has 3 aromatic carbocycles. The Hall–Kier alpha value is -3.88. The number of carbonyl (C=O) groups is 2. The summed E-state index contributed by atoms with van der Waals surface area (Å²) >= 11 is 5.97. The van der Waals surface area contributed by atoms with Gasteiger partial charge in [-0.15, -0.1) is 0 Å². The van der Waals surface area contributed by atoms with E-state index in [0.29, 0.717) is 28.5 Å². The molecule has 32 heavy (non-hydrogen) atoms. The molecule has 4 rings (SSSR count). The highest BCUT2D eigenvalue weighted by molar-refractivity contribution is 6.37. The molecule has 0 saturated heterocycles. The standard InChI is InChI=1S/C26H20ClN3O2/c1-2-17-9-13-20(14-10-17)29-25(31)22(15-28)24-21-5-3-4-6-23(21)30(26(24)32)16-18-7-11-19(27)12-8-18/h3-14H,2,16H2,1H3,(H,29,31). The van der Waals surface area contributed by atoms with Crippen LogP contribution in [-0.2, 0) is 22.6 Å². The van der Waals surface area contributed by atoms with Crippen LogP contribution in [0.5, 0.6) is 0 Å². The molecule has 3 aromatic rings. The number of hydrogen-bond donors (Lipinski definition) is 1. The molecule has 0 bridgehead atoms. The molecule has 0 aliphatic carbocycles. The number of halogens is 1. The van der Waals surface area contributed by atoms with Crippen LogP contribution < -0.4 is 10.2 Å². The van der Waals surface area contributed by atoms with Crippen molar-refractivity contribution in [2.75, 3.05) is 10.2 Å². The van der Waals surface area contributed by atoms with Crippen LogP contribution in [0.4, 0.5) is 11.4 Å². The molecule has 5 nitrogen and oxygen atoms in total. The number of nitrogens with one attached hydrogen (secondary N) is 1. The molecule has 0 fully saturated rings. The van der Waals surface area contributed by atoms with Crippen LogP contribution in [0, 0.1) is 11.3 Å². The van der Waals surface area contributed by atoms with Crippen LogP contribution in [0.1, 0.15) is 23.6 Å². The SMILES string of the molecule is CCc1ccc(NC(=O)C(C#N)=C2C(=O)N(Cc3ccc(Cl)cc3)c3ccccc32)cc1. The van der Waals surface area contributed by atoms with Crippen molar-refractivity contribution in [2.45, 2.75) is 19.9 Å². The summed E-state index contributed by atoms with van der Waals surface area (Å²) in [5, 5.41) is 13.2.